The number of hydrogen-bond acceptors (Lipinski definition) is 5. The van der Waals surface area contributed by atoms with Crippen LogP contribution in [0.2, 0.25) is 0 Å². The molecule has 0 fully saturated rings. The van der Waals surface area contributed by atoms with Crippen molar-refractivity contribution < 1.29 is 14.3 Å². The van der Waals surface area contributed by atoms with Gasteiger partial charge < -0.3 is 9.64 Å². The van der Waals surface area contributed by atoms with Gasteiger partial charge in [0, 0.05) is 6.54 Å². The first-order chi connectivity index (χ1) is 14.8. The molecule has 4 rings (SSSR count). The van der Waals surface area contributed by atoms with Crippen molar-refractivity contribution in [2.45, 2.75) is 46.8 Å². The van der Waals surface area contributed by atoms with E-state index in [0.717, 1.165) is 22.4 Å². The van der Waals surface area contributed by atoms with Crippen molar-refractivity contribution >= 4 is 17.4 Å². The molecule has 0 saturated carbocycles. The molecule has 31 heavy (non-hydrogen) atoms. The monoisotopic (exact) mass is 418 g/mol. The van der Waals surface area contributed by atoms with Crippen molar-refractivity contribution in [3.8, 4) is 5.75 Å². The minimum absolute atomic E-state index is 0.312. The maximum absolute atomic E-state index is 12.4. The average molecular weight is 418 g/mol. The fourth-order valence-electron chi connectivity index (χ4n) is 3.75. The number of rotatable bonds is 7. The maximum atomic E-state index is 12.4. The van der Waals surface area contributed by atoms with Crippen LogP contribution in [0, 0.1) is 13.8 Å². The van der Waals surface area contributed by atoms with Gasteiger partial charge in [0.05, 0.1) is 24.0 Å². The SMILES string of the molecule is Cc1ccc(C(C)C)c(OCc2cn(CCN3C(=O)C(=O)c4cc(C)ccc43)nn2)c1. The largest absolute Gasteiger partial charge is 0.487 e. The first kappa shape index (κ1) is 20.8. The summed E-state index contributed by atoms with van der Waals surface area (Å²) in [6.45, 7) is 9.31. The molecule has 2 aromatic carbocycles. The number of anilines is 1. The number of carbonyl (C=O) groups is 2. The zero-order valence-corrected chi connectivity index (χ0v) is 18.3. The molecule has 1 aliphatic rings. The molecule has 0 unspecified atom stereocenters. The predicted molar refractivity (Wildman–Crippen MR) is 117 cm³/mol. The molecule has 1 amide bonds. The number of Topliss-reactive ketones (excluding diaryl/α,β-unsaturated/α-hetero) is 1. The van der Waals surface area contributed by atoms with E-state index in [4.69, 9.17) is 4.74 Å². The van der Waals surface area contributed by atoms with E-state index in [1.807, 2.05) is 38.2 Å². The lowest BCUT2D eigenvalue weighted by Gasteiger charge is -2.16. The summed E-state index contributed by atoms with van der Waals surface area (Å²) < 4.78 is 7.69. The molecule has 2 heterocycles. The van der Waals surface area contributed by atoms with Gasteiger partial charge in [0.15, 0.2) is 0 Å². The van der Waals surface area contributed by atoms with Gasteiger partial charge in [-0.3, -0.25) is 14.3 Å². The number of hydrogen-bond donors (Lipinski definition) is 0. The molecule has 1 aliphatic heterocycles. The molecule has 0 atom stereocenters. The third-order valence-electron chi connectivity index (χ3n) is 5.43. The molecule has 160 valence electrons. The number of benzene rings is 2. The van der Waals surface area contributed by atoms with Crippen molar-refractivity contribution in [2.75, 3.05) is 11.4 Å². The van der Waals surface area contributed by atoms with E-state index in [2.05, 4.69) is 36.3 Å². The van der Waals surface area contributed by atoms with Crippen LogP contribution in [-0.4, -0.2) is 33.2 Å². The van der Waals surface area contributed by atoms with Crippen LogP contribution in [0.4, 0.5) is 5.69 Å². The van der Waals surface area contributed by atoms with E-state index in [9.17, 15) is 9.59 Å². The van der Waals surface area contributed by atoms with Crippen molar-refractivity contribution in [1.29, 1.82) is 0 Å². The summed E-state index contributed by atoms with van der Waals surface area (Å²) in [4.78, 5) is 26.1. The highest BCUT2D eigenvalue weighted by Crippen LogP contribution is 2.30. The second-order valence-corrected chi connectivity index (χ2v) is 8.26. The van der Waals surface area contributed by atoms with Crippen LogP contribution in [0.15, 0.2) is 42.6 Å². The van der Waals surface area contributed by atoms with Gasteiger partial charge >= 0.3 is 0 Å². The fourth-order valence-corrected chi connectivity index (χ4v) is 3.75. The highest BCUT2D eigenvalue weighted by atomic mass is 16.5. The van der Waals surface area contributed by atoms with E-state index in [1.165, 1.54) is 4.90 Å². The molecule has 3 aromatic rings. The normalized spacial score (nSPS) is 13.3. The molecule has 0 bridgehead atoms. The molecule has 0 saturated heterocycles. The van der Waals surface area contributed by atoms with E-state index in [1.54, 1.807) is 10.7 Å². The third-order valence-corrected chi connectivity index (χ3v) is 5.43. The Balaban J connectivity index is 1.40. The molecule has 0 radical (unpaired) electrons. The van der Waals surface area contributed by atoms with Crippen molar-refractivity contribution in [1.82, 2.24) is 15.0 Å². The van der Waals surface area contributed by atoms with Gasteiger partial charge in [-0.15, -0.1) is 5.10 Å². The Bertz CT molecular complexity index is 1150. The summed E-state index contributed by atoms with van der Waals surface area (Å²) in [5.41, 5.74) is 5.09. The molecule has 0 spiro atoms. The van der Waals surface area contributed by atoms with Gasteiger partial charge in [-0.2, -0.15) is 0 Å². The van der Waals surface area contributed by atoms with Crippen LogP contribution in [0.25, 0.3) is 0 Å². The van der Waals surface area contributed by atoms with Gasteiger partial charge in [0.25, 0.3) is 11.7 Å². The number of carbonyl (C=O) groups excluding carboxylic acids is 2. The van der Waals surface area contributed by atoms with Crippen LogP contribution in [0.5, 0.6) is 5.75 Å². The second kappa shape index (κ2) is 8.34. The number of aromatic nitrogens is 3. The van der Waals surface area contributed by atoms with E-state index in [-0.39, 0.29) is 0 Å². The lowest BCUT2D eigenvalue weighted by atomic mass is 10.0. The van der Waals surface area contributed by atoms with E-state index in [0.29, 0.717) is 42.6 Å². The number of aryl methyl sites for hydroxylation is 2. The quantitative estimate of drug-likeness (QED) is 0.545. The Labute approximate surface area is 181 Å². The predicted octanol–water partition coefficient (Wildman–Crippen LogP) is 3.83. The zero-order valence-electron chi connectivity index (χ0n) is 18.3. The Kier molecular flexibility index (Phi) is 5.59. The minimum atomic E-state index is -0.495. The number of amides is 1. The van der Waals surface area contributed by atoms with Crippen molar-refractivity contribution in [2.24, 2.45) is 0 Å². The number of ether oxygens (including phenoxy) is 1. The summed E-state index contributed by atoms with van der Waals surface area (Å²) in [5, 5.41) is 8.32. The first-order valence-corrected chi connectivity index (χ1v) is 10.4. The lowest BCUT2D eigenvalue weighted by Crippen LogP contribution is -2.32. The highest BCUT2D eigenvalue weighted by molar-refractivity contribution is 6.52. The zero-order chi connectivity index (χ0) is 22.1. The lowest BCUT2D eigenvalue weighted by molar-refractivity contribution is -0.114. The summed E-state index contributed by atoms with van der Waals surface area (Å²) in [6, 6.07) is 11.7. The Morgan fingerprint density at radius 3 is 2.52 bits per heavy atom. The van der Waals surface area contributed by atoms with Gasteiger partial charge in [0.2, 0.25) is 0 Å². The number of nitrogens with zero attached hydrogens (tertiary/aromatic N) is 4. The van der Waals surface area contributed by atoms with Crippen molar-refractivity contribution in [3.05, 3.63) is 70.5 Å². The molecule has 7 nitrogen and oxygen atoms in total. The van der Waals surface area contributed by atoms with Gasteiger partial charge in [-0.1, -0.05) is 42.8 Å². The summed E-state index contributed by atoms with van der Waals surface area (Å²) in [7, 11) is 0. The molecule has 1 aromatic heterocycles. The standard InChI is InChI=1S/C24H26N4O3/c1-15(2)19-7-5-17(4)12-22(19)31-14-18-13-27(26-25-18)9-10-28-21-8-6-16(3)11-20(21)23(29)24(28)30/h5-8,11-13,15H,9-10,14H2,1-4H3. The van der Waals surface area contributed by atoms with Crippen molar-refractivity contribution in [3.63, 3.8) is 0 Å². The molecule has 0 N–H and O–H groups in total. The second-order valence-electron chi connectivity index (χ2n) is 8.26. The number of fused-ring (bicyclic) bond motifs is 1. The van der Waals surface area contributed by atoms with Crippen LogP contribution in [-0.2, 0) is 17.9 Å². The molecule has 7 heteroatoms. The van der Waals surface area contributed by atoms with Crippen LogP contribution < -0.4 is 9.64 Å². The third kappa shape index (κ3) is 4.21. The van der Waals surface area contributed by atoms with Crippen LogP contribution in [0.1, 0.15) is 52.5 Å². The minimum Gasteiger partial charge on any atom is -0.487 e. The summed E-state index contributed by atoms with van der Waals surface area (Å²) >= 11 is 0. The van der Waals surface area contributed by atoms with E-state index >= 15 is 0 Å². The smallest absolute Gasteiger partial charge is 0.299 e. The Hall–Kier alpha value is -3.48. The fraction of sp³-hybridized carbons (Fsp3) is 0.333. The number of ketones is 1. The molecular weight excluding hydrogens is 392 g/mol. The summed E-state index contributed by atoms with van der Waals surface area (Å²) in [5.74, 6) is 0.270. The van der Waals surface area contributed by atoms with Gasteiger partial charge in [-0.05, 0) is 49.1 Å². The maximum Gasteiger partial charge on any atom is 0.299 e. The molecule has 0 aliphatic carbocycles. The Morgan fingerprint density at radius 1 is 1.00 bits per heavy atom. The average Bonchev–Trinajstić information content (AvgIpc) is 3.28. The van der Waals surface area contributed by atoms with Gasteiger partial charge in [0.1, 0.15) is 18.1 Å². The van der Waals surface area contributed by atoms with Crippen LogP contribution >= 0.6 is 0 Å². The highest BCUT2D eigenvalue weighted by Gasteiger charge is 2.35. The first-order valence-electron chi connectivity index (χ1n) is 10.4. The van der Waals surface area contributed by atoms with Gasteiger partial charge in [-0.25, -0.2) is 0 Å². The molecular formula is C24H26N4O3. The van der Waals surface area contributed by atoms with E-state index < -0.39 is 11.7 Å². The van der Waals surface area contributed by atoms with Crippen LogP contribution in [0.3, 0.4) is 0 Å². The summed E-state index contributed by atoms with van der Waals surface area (Å²) in [6.07, 6.45) is 1.81. The Morgan fingerprint density at radius 2 is 1.74 bits per heavy atom. The topological polar surface area (TPSA) is 77.3 Å².